The van der Waals surface area contributed by atoms with Crippen molar-refractivity contribution in [3.05, 3.63) is 35.6 Å². The Hall–Kier alpha value is -1.62. The summed E-state index contributed by atoms with van der Waals surface area (Å²) in [7, 11) is 0. The lowest BCUT2D eigenvalue weighted by molar-refractivity contribution is -0.119. The van der Waals surface area contributed by atoms with E-state index in [2.05, 4.69) is 5.32 Å². The minimum absolute atomic E-state index is 0.219. The Morgan fingerprint density at radius 3 is 2.50 bits per heavy atom. The van der Waals surface area contributed by atoms with Gasteiger partial charge < -0.3 is 10.1 Å². The number of benzene rings is 1. The number of amides is 1. The largest absolute Gasteiger partial charge is 0.444 e. The Morgan fingerprint density at radius 1 is 1.32 bits per heavy atom. The fourth-order valence-electron chi connectivity index (χ4n) is 1.95. The molecule has 0 aliphatic carbocycles. The third-order valence-corrected chi connectivity index (χ3v) is 3.09. The number of hydrogen-bond acceptors (Lipinski definition) is 3. The summed E-state index contributed by atoms with van der Waals surface area (Å²) < 4.78 is 18.9. The summed E-state index contributed by atoms with van der Waals surface area (Å²) >= 11 is 5.71. The third kappa shape index (κ3) is 6.02. The molecule has 0 spiro atoms. The van der Waals surface area contributed by atoms with Crippen molar-refractivity contribution < 1.29 is 18.7 Å². The Labute approximate surface area is 135 Å². The molecule has 1 N–H and O–H groups in total. The van der Waals surface area contributed by atoms with Crippen LogP contribution >= 0.6 is 11.6 Å². The van der Waals surface area contributed by atoms with E-state index < -0.39 is 23.4 Å². The molecule has 0 aliphatic heterocycles. The van der Waals surface area contributed by atoms with Crippen LogP contribution in [0.1, 0.15) is 38.7 Å². The normalized spacial score (nSPS) is 12.6. The van der Waals surface area contributed by atoms with E-state index in [-0.39, 0.29) is 18.2 Å². The molecule has 1 aromatic carbocycles. The Kier molecular flexibility index (Phi) is 6.81. The van der Waals surface area contributed by atoms with Crippen molar-refractivity contribution in [2.75, 3.05) is 12.4 Å². The van der Waals surface area contributed by atoms with Gasteiger partial charge in [-0.1, -0.05) is 18.2 Å². The topological polar surface area (TPSA) is 55.4 Å². The number of ether oxygens (including phenoxy) is 1. The average molecular weight is 330 g/mol. The molecular weight excluding hydrogens is 309 g/mol. The summed E-state index contributed by atoms with van der Waals surface area (Å²) in [5.41, 5.74) is -0.354. The lowest BCUT2D eigenvalue weighted by Crippen LogP contribution is -2.37. The van der Waals surface area contributed by atoms with Crippen molar-refractivity contribution in [3.8, 4) is 0 Å². The first-order valence-corrected chi connectivity index (χ1v) is 7.58. The number of rotatable bonds is 6. The Bertz CT molecular complexity index is 528. The van der Waals surface area contributed by atoms with Gasteiger partial charge in [-0.15, -0.1) is 11.6 Å². The van der Waals surface area contributed by atoms with Gasteiger partial charge in [0.25, 0.3) is 0 Å². The highest BCUT2D eigenvalue weighted by molar-refractivity contribution is 6.18. The number of halogens is 2. The third-order valence-electron chi connectivity index (χ3n) is 2.87. The molecule has 4 nitrogen and oxygen atoms in total. The number of hydrogen-bond donors (Lipinski definition) is 1. The zero-order valence-electron chi connectivity index (χ0n) is 13.0. The molecule has 1 rings (SSSR count). The molecule has 1 atom stereocenters. The van der Waals surface area contributed by atoms with Gasteiger partial charge in [-0.2, -0.15) is 0 Å². The maximum absolute atomic E-state index is 13.8. The minimum atomic E-state index is -0.686. The molecule has 122 valence electrons. The SMILES string of the molecule is CC(C)(C)OC(=O)NCC(=O)C(CCCl)c1ccccc1F. The van der Waals surface area contributed by atoms with Gasteiger partial charge in [-0.25, -0.2) is 9.18 Å². The number of carbonyl (C=O) groups is 2. The van der Waals surface area contributed by atoms with Crippen molar-refractivity contribution in [1.82, 2.24) is 5.32 Å². The van der Waals surface area contributed by atoms with Crippen LogP contribution in [0.15, 0.2) is 24.3 Å². The molecule has 1 unspecified atom stereocenters. The van der Waals surface area contributed by atoms with Gasteiger partial charge in [0.1, 0.15) is 11.4 Å². The van der Waals surface area contributed by atoms with Gasteiger partial charge in [0.05, 0.1) is 6.54 Å². The first-order valence-electron chi connectivity index (χ1n) is 7.04. The maximum atomic E-state index is 13.8. The van der Waals surface area contributed by atoms with Crippen LogP contribution in [0.2, 0.25) is 0 Å². The summed E-state index contributed by atoms with van der Waals surface area (Å²) in [5.74, 6) is -1.23. The Balaban J connectivity index is 2.71. The predicted octanol–water partition coefficient (Wildman–Crippen LogP) is 3.63. The van der Waals surface area contributed by atoms with Crippen LogP contribution in [-0.2, 0) is 9.53 Å². The smallest absolute Gasteiger partial charge is 0.408 e. The van der Waals surface area contributed by atoms with Crippen LogP contribution < -0.4 is 5.32 Å². The van der Waals surface area contributed by atoms with Gasteiger partial charge in [-0.05, 0) is 38.8 Å². The molecular formula is C16H21ClFNO3. The van der Waals surface area contributed by atoms with E-state index in [1.165, 1.54) is 6.07 Å². The number of ketones is 1. The van der Waals surface area contributed by atoms with Crippen molar-refractivity contribution in [2.24, 2.45) is 0 Å². The quantitative estimate of drug-likeness (QED) is 0.811. The highest BCUT2D eigenvalue weighted by Gasteiger charge is 2.24. The van der Waals surface area contributed by atoms with Crippen molar-refractivity contribution >= 4 is 23.5 Å². The molecule has 1 aromatic rings. The van der Waals surface area contributed by atoms with Crippen LogP contribution in [0.4, 0.5) is 9.18 Å². The molecule has 0 saturated carbocycles. The summed E-state index contributed by atoms with van der Waals surface area (Å²) in [6, 6.07) is 6.07. The van der Waals surface area contributed by atoms with Crippen LogP contribution in [0.25, 0.3) is 0 Å². The fourth-order valence-corrected chi connectivity index (χ4v) is 2.17. The molecule has 0 fully saturated rings. The van der Waals surface area contributed by atoms with E-state index in [0.29, 0.717) is 12.0 Å². The van der Waals surface area contributed by atoms with E-state index in [1.807, 2.05) is 0 Å². The van der Waals surface area contributed by atoms with Gasteiger partial charge in [0.2, 0.25) is 0 Å². The molecule has 0 heterocycles. The average Bonchev–Trinajstić information content (AvgIpc) is 2.41. The number of nitrogens with one attached hydrogen (secondary N) is 1. The van der Waals surface area contributed by atoms with Crippen LogP contribution in [-0.4, -0.2) is 29.9 Å². The molecule has 0 aliphatic rings. The molecule has 6 heteroatoms. The molecule has 0 radical (unpaired) electrons. The zero-order valence-corrected chi connectivity index (χ0v) is 13.7. The summed E-state index contributed by atoms with van der Waals surface area (Å²) in [4.78, 5) is 23.8. The van der Waals surface area contributed by atoms with E-state index in [4.69, 9.17) is 16.3 Å². The predicted molar refractivity (Wildman–Crippen MR) is 83.7 cm³/mol. The number of alkyl halides is 1. The number of alkyl carbamates (subject to hydrolysis) is 1. The zero-order chi connectivity index (χ0) is 16.8. The lowest BCUT2D eigenvalue weighted by Gasteiger charge is -2.20. The molecule has 0 bridgehead atoms. The fraction of sp³-hybridized carbons (Fsp3) is 0.500. The summed E-state index contributed by atoms with van der Waals surface area (Å²) in [6.07, 6.45) is -0.379. The summed E-state index contributed by atoms with van der Waals surface area (Å²) in [5, 5.41) is 2.39. The maximum Gasteiger partial charge on any atom is 0.408 e. The van der Waals surface area contributed by atoms with Gasteiger partial charge in [-0.3, -0.25) is 4.79 Å². The van der Waals surface area contributed by atoms with E-state index in [1.54, 1.807) is 39.0 Å². The van der Waals surface area contributed by atoms with Crippen LogP contribution in [0, 0.1) is 5.82 Å². The van der Waals surface area contributed by atoms with Crippen LogP contribution in [0.5, 0.6) is 0 Å². The lowest BCUT2D eigenvalue weighted by atomic mass is 9.91. The van der Waals surface area contributed by atoms with Gasteiger partial charge >= 0.3 is 6.09 Å². The second kappa shape index (κ2) is 8.13. The van der Waals surface area contributed by atoms with Gasteiger partial charge in [0, 0.05) is 11.8 Å². The number of Topliss-reactive ketones (excluding diaryl/α,β-unsaturated/α-hetero) is 1. The van der Waals surface area contributed by atoms with Crippen molar-refractivity contribution in [2.45, 2.75) is 38.7 Å². The highest BCUT2D eigenvalue weighted by atomic mass is 35.5. The molecule has 0 saturated heterocycles. The van der Waals surface area contributed by atoms with E-state index in [0.717, 1.165) is 0 Å². The Morgan fingerprint density at radius 2 is 1.95 bits per heavy atom. The number of carbonyl (C=O) groups excluding carboxylic acids is 2. The molecule has 1 amide bonds. The first kappa shape index (κ1) is 18.4. The highest BCUT2D eigenvalue weighted by Crippen LogP contribution is 2.24. The second-order valence-corrected chi connectivity index (χ2v) is 6.25. The second-order valence-electron chi connectivity index (χ2n) is 5.87. The molecule has 0 aromatic heterocycles. The molecule has 22 heavy (non-hydrogen) atoms. The van der Waals surface area contributed by atoms with E-state index in [9.17, 15) is 14.0 Å². The van der Waals surface area contributed by atoms with Crippen LogP contribution in [0.3, 0.4) is 0 Å². The monoisotopic (exact) mass is 329 g/mol. The van der Waals surface area contributed by atoms with Gasteiger partial charge in [0.15, 0.2) is 5.78 Å². The minimum Gasteiger partial charge on any atom is -0.444 e. The van der Waals surface area contributed by atoms with E-state index >= 15 is 0 Å². The van der Waals surface area contributed by atoms with Crippen molar-refractivity contribution in [3.63, 3.8) is 0 Å². The first-order chi connectivity index (χ1) is 10.2. The summed E-state index contributed by atoms with van der Waals surface area (Å²) in [6.45, 7) is 4.95. The standard InChI is InChI=1S/C16H21ClFNO3/c1-16(2,3)22-15(21)19-10-14(20)12(8-9-17)11-6-4-5-7-13(11)18/h4-7,12H,8-10H2,1-3H3,(H,19,21). The van der Waals surface area contributed by atoms with Crippen molar-refractivity contribution in [1.29, 1.82) is 0 Å².